The number of aliphatic carboxylic acids is 1. The SMILES string of the molecule is C[C@@H](Oc1ccc(C(F)(F)F)cc1[N+](=O)[O-])C(=O)O. The monoisotopic (exact) mass is 279 g/mol. The molecular weight excluding hydrogens is 271 g/mol. The van der Waals surface area contributed by atoms with E-state index in [0.717, 1.165) is 13.0 Å². The summed E-state index contributed by atoms with van der Waals surface area (Å²) in [5.74, 6) is -1.93. The van der Waals surface area contributed by atoms with E-state index in [1.807, 2.05) is 0 Å². The van der Waals surface area contributed by atoms with Gasteiger partial charge < -0.3 is 9.84 Å². The first-order valence-corrected chi connectivity index (χ1v) is 4.88. The smallest absolute Gasteiger partial charge is 0.416 e. The third-order valence-corrected chi connectivity index (χ3v) is 2.13. The maximum Gasteiger partial charge on any atom is 0.416 e. The zero-order chi connectivity index (χ0) is 14.8. The molecule has 1 N–H and O–H groups in total. The summed E-state index contributed by atoms with van der Waals surface area (Å²) in [6, 6.07) is 1.60. The molecule has 0 saturated heterocycles. The Morgan fingerprint density at radius 1 is 1.47 bits per heavy atom. The van der Waals surface area contributed by atoms with E-state index in [4.69, 9.17) is 9.84 Å². The molecule has 0 aliphatic rings. The van der Waals surface area contributed by atoms with Crippen molar-refractivity contribution < 1.29 is 32.7 Å². The second-order valence-corrected chi connectivity index (χ2v) is 3.54. The Morgan fingerprint density at radius 3 is 2.47 bits per heavy atom. The summed E-state index contributed by atoms with van der Waals surface area (Å²) < 4.78 is 41.9. The minimum Gasteiger partial charge on any atom is -0.479 e. The first-order chi connectivity index (χ1) is 8.62. The lowest BCUT2D eigenvalue weighted by molar-refractivity contribution is -0.386. The maximum absolute atomic E-state index is 12.4. The first-order valence-electron chi connectivity index (χ1n) is 4.88. The Labute approximate surface area is 104 Å². The van der Waals surface area contributed by atoms with E-state index >= 15 is 0 Å². The Bertz CT molecular complexity index is 514. The summed E-state index contributed by atoms with van der Waals surface area (Å²) in [6.45, 7) is 1.10. The van der Waals surface area contributed by atoms with Crippen LogP contribution in [0.1, 0.15) is 12.5 Å². The number of nitro benzene ring substituents is 1. The van der Waals surface area contributed by atoms with E-state index in [-0.39, 0.29) is 0 Å². The number of hydrogen-bond donors (Lipinski definition) is 1. The molecule has 0 aromatic heterocycles. The largest absolute Gasteiger partial charge is 0.479 e. The number of hydrogen-bond acceptors (Lipinski definition) is 4. The van der Waals surface area contributed by atoms with Crippen LogP contribution in [-0.2, 0) is 11.0 Å². The fourth-order valence-electron chi connectivity index (χ4n) is 1.18. The van der Waals surface area contributed by atoms with Gasteiger partial charge in [0.15, 0.2) is 11.9 Å². The fraction of sp³-hybridized carbons (Fsp3) is 0.300. The molecule has 0 radical (unpaired) electrons. The third-order valence-electron chi connectivity index (χ3n) is 2.13. The van der Waals surface area contributed by atoms with Crippen molar-refractivity contribution in [1.29, 1.82) is 0 Å². The molecule has 0 bridgehead atoms. The first kappa shape index (κ1) is 14.7. The van der Waals surface area contributed by atoms with Crippen molar-refractivity contribution in [3.63, 3.8) is 0 Å². The zero-order valence-corrected chi connectivity index (χ0v) is 9.47. The van der Waals surface area contributed by atoms with Gasteiger partial charge in [0, 0.05) is 6.07 Å². The van der Waals surface area contributed by atoms with Crippen LogP contribution in [0.25, 0.3) is 0 Å². The zero-order valence-electron chi connectivity index (χ0n) is 9.47. The van der Waals surface area contributed by atoms with Crippen LogP contribution in [0.3, 0.4) is 0 Å². The van der Waals surface area contributed by atoms with Gasteiger partial charge in [0.25, 0.3) is 0 Å². The van der Waals surface area contributed by atoms with Crippen LogP contribution in [-0.4, -0.2) is 22.1 Å². The van der Waals surface area contributed by atoms with Crippen LogP contribution in [0.15, 0.2) is 18.2 Å². The normalized spacial score (nSPS) is 12.8. The molecule has 19 heavy (non-hydrogen) atoms. The van der Waals surface area contributed by atoms with E-state index in [1.165, 1.54) is 0 Å². The summed E-state index contributed by atoms with van der Waals surface area (Å²) in [5.41, 5.74) is -2.16. The number of alkyl halides is 3. The van der Waals surface area contributed by atoms with Gasteiger partial charge in [0.1, 0.15) is 0 Å². The van der Waals surface area contributed by atoms with Gasteiger partial charge in [-0.05, 0) is 19.1 Å². The van der Waals surface area contributed by atoms with Gasteiger partial charge in [-0.15, -0.1) is 0 Å². The Balaban J connectivity index is 3.19. The van der Waals surface area contributed by atoms with Crippen LogP contribution < -0.4 is 4.74 Å². The number of benzene rings is 1. The molecule has 1 aromatic rings. The van der Waals surface area contributed by atoms with Crippen molar-refractivity contribution in [2.24, 2.45) is 0 Å². The highest BCUT2D eigenvalue weighted by atomic mass is 19.4. The highest BCUT2D eigenvalue weighted by Gasteiger charge is 2.33. The van der Waals surface area contributed by atoms with Crippen molar-refractivity contribution in [2.45, 2.75) is 19.2 Å². The Hall–Kier alpha value is -2.32. The summed E-state index contributed by atoms with van der Waals surface area (Å²) in [6.07, 6.45) is -6.16. The molecule has 0 aliphatic carbocycles. The molecule has 0 fully saturated rings. The van der Waals surface area contributed by atoms with Gasteiger partial charge in [-0.1, -0.05) is 0 Å². The van der Waals surface area contributed by atoms with Gasteiger partial charge in [-0.3, -0.25) is 10.1 Å². The molecule has 0 aliphatic heterocycles. The molecule has 1 rings (SSSR count). The molecule has 104 valence electrons. The number of carboxylic acids is 1. The summed E-state index contributed by atoms with van der Waals surface area (Å²) in [4.78, 5) is 20.1. The summed E-state index contributed by atoms with van der Waals surface area (Å²) in [7, 11) is 0. The quantitative estimate of drug-likeness (QED) is 0.675. The summed E-state index contributed by atoms with van der Waals surface area (Å²) in [5, 5.41) is 19.2. The maximum atomic E-state index is 12.4. The van der Waals surface area contributed by atoms with Crippen LogP contribution in [0.4, 0.5) is 18.9 Å². The number of carboxylic acid groups (broad SMARTS) is 1. The Morgan fingerprint density at radius 2 is 2.05 bits per heavy atom. The van der Waals surface area contributed by atoms with Gasteiger partial charge in [-0.2, -0.15) is 13.2 Å². The van der Waals surface area contributed by atoms with E-state index in [9.17, 15) is 28.1 Å². The predicted molar refractivity (Wildman–Crippen MR) is 55.8 cm³/mol. The number of halogens is 3. The van der Waals surface area contributed by atoms with E-state index in [2.05, 4.69) is 0 Å². The second-order valence-electron chi connectivity index (χ2n) is 3.54. The number of rotatable bonds is 4. The molecule has 1 atom stereocenters. The van der Waals surface area contributed by atoms with E-state index < -0.39 is 40.2 Å². The van der Waals surface area contributed by atoms with E-state index in [0.29, 0.717) is 12.1 Å². The van der Waals surface area contributed by atoms with Gasteiger partial charge in [0.05, 0.1) is 10.5 Å². The van der Waals surface area contributed by atoms with Crippen molar-refractivity contribution >= 4 is 11.7 Å². The molecule has 0 heterocycles. The number of carbonyl (C=O) groups is 1. The van der Waals surface area contributed by atoms with Crippen molar-refractivity contribution in [3.8, 4) is 5.75 Å². The second kappa shape index (κ2) is 5.12. The Kier molecular flexibility index (Phi) is 3.98. The topological polar surface area (TPSA) is 89.7 Å². The average molecular weight is 279 g/mol. The molecule has 9 heteroatoms. The lowest BCUT2D eigenvalue weighted by atomic mass is 10.2. The highest BCUT2D eigenvalue weighted by molar-refractivity contribution is 5.72. The van der Waals surface area contributed by atoms with Crippen LogP contribution in [0.2, 0.25) is 0 Å². The van der Waals surface area contributed by atoms with Crippen LogP contribution in [0, 0.1) is 10.1 Å². The molecule has 0 spiro atoms. The molecule has 1 aromatic carbocycles. The molecule has 0 unspecified atom stereocenters. The highest BCUT2D eigenvalue weighted by Crippen LogP contribution is 2.36. The van der Waals surface area contributed by atoms with Gasteiger partial charge >= 0.3 is 17.8 Å². The lowest BCUT2D eigenvalue weighted by Crippen LogP contribution is -2.23. The van der Waals surface area contributed by atoms with Crippen molar-refractivity contribution in [1.82, 2.24) is 0 Å². The van der Waals surface area contributed by atoms with Gasteiger partial charge in [-0.25, -0.2) is 4.79 Å². The molecular formula is C10H8F3NO5. The van der Waals surface area contributed by atoms with Crippen LogP contribution >= 0.6 is 0 Å². The molecule has 0 saturated carbocycles. The third kappa shape index (κ3) is 3.57. The van der Waals surface area contributed by atoms with E-state index in [1.54, 1.807) is 0 Å². The minimum atomic E-state index is -4.73. The molecule has 0 amide bonds. The van der Waals surface area contributed by atoms with Crippen molar-refractivity contribution in [3.05, 3.63) is 33.9 Å². The minimum absolute atomic E-state index is 0.296. The number of ether oxygens (including phenoxy) is 1. The predicted octanol–water partition coefficient (Wildman–Crippen LogP) is 2.47. The fourth-order valence-corrected chi connectivity index (χ4v) is 1.18. The molecule has 6 nitrogen and oxygen atoms in total. The van der Waals surface area contributed by atoms with Crippen LogP contribution in [0.5, 0.6) is 5.75 Å². The van der Waals surface area contributed by atoms with Crippen molar-refractivity contribution in [2.75, 3.05) is 0 Å². The average Bonchev–Trinajstić information content (AvgIpc) is 2.27. The summed E-state index contributed by atoms with van der Waals surface area (Å²) >= 11 is 0. The lowest BCUT2D eigenvalue weighted by Gasteiger charge is -2.12. The standard InChI is InChI=1S/C10H8F3NO5/c1-5(9(15)16)19-8-3-2-6(10(11,12)13)4-7(8)14(17)18/h2-5H,1H3,(H,15,16)/t5-/m1/s1. The number of nitrogens with zero attached hydrogens (tertiary/aromatic N) is 1. The number of nitro groups is 1. The van der Waals surface area contributed by atoms with Gasteiger partial charge in [0.2, 0.25) is 0 Å².